The van der Waals surface area contributed by atoms with Gasteiger partial charge in [-0.05, 0) is 112 Å². The number of nitrogens with zero attached hydrogens (tertiary/aromatic N) is 2. The van der Waals surface area contributed by atoms with Crippen LogP contribution in [0.1, 0.15) is 0 Å². The molecule has 3 nitrogen and oxygen atoms in total. The van der Waals surface area contributed by atoms with E-state index in [0.717, 1.165) is 61.4 Å². The van der Waals surface area contributed by atoms with Gasteiger partial charge in [0.15, 0.2) is 0 Å². The Hall–Kier alpha value is -8.40. The molecule has 0 saturated carbocycles. The lowest BCUT2D eigenvalue weighted by atomic mass is 9.88. The number of aromatic nitrogens is 1. The molecule has 0 fully saturated rings. The molecule has 2 aromatic heterocycles. The minimum Gasteiger partial charge on any atom is -0.456 e. The molecule has 12 aromatic rings. The minimum absolute atomic E-state index is 0.893. The molecule has 0 amide bonds. The Bertz CT molecular complexity index is 3560. The van der Waals surface area contributed by atoms with Gasteiger partial charge in [0.1, 0.15) is 11.2 Å². The molecule has 0 unspecified atom stereocenters. The van der Waals surface area contributed by atoms with Crippen LogP contribution in [-0.4, -0.2) is 4.57 Å². The first-order valence-electron chi connectivity index (χ1n) is 21.5. The van der Waals surface area contributed by atoms with E-state index in [4.69, 9.17) is 4.42 Å². The van der Waals surface area contributed by atoms with Crippen molar-refractivity contribution in [3.8, 4) is 50.2 Å². The van der Waals surface area contributed by atoms with Crippen molar-refractivity contribution in [2.24, 2.45) is 0 Å². The Labute approximate surface area is 366 Å². The summed E-state index contributed by atoms with van der Waals surface area (Å²) in [5.74, 6) is 0. The third kappa shape index (κ3) is 6.29. The predicted molar refractivity (Wildman–Crippen MR) is 264 cm³/mol. The van der Waals surface area contributed by atoms with E-state index in [9.17, 15) is 0 Å². The largest absolute Gasteiger partial charge is 0.456 e. The van der Waals surface area contributed by atoms with Gasteiger partial charge < -0.3 is 13.9 Å². The molecule has 2 heterocycles. The van der Waals surface area contributed by atoms with Crippen molar-refractivity contribution < 1.29 is 4.42 Å². The third-order valence-corrected chi connectivity index (χ3v) is 12.4. The lowest BCUT2D eigenvalue weighted by molar-refractivity contribution is 0.669. The lowest BCUT2D eigenvalue weighted by Gasteiger charge is -2.29. The highest BCUT2D eigenvalue weighted by Gasteiger charge is 2.21. The molecular formula is C60H40N2O. The smallest absolute Gasteiger partial charge is 0.136 e. The average Bonchev–Trinajstić information content (AvgIpc) is 3.90. The number of benzene rings is 10. The van der Waals surface area contributed by atoms with E-state index >= 15 is 0 Å². The number of para-hydroxylation sites is 4. The summed E-state index contributed by atoms with van der Waals surface area (Å²) >= 11 is 0. The zero-order valence-electron chi connectivity index (χ0n) is 34.4. The molecule has 0 spiro atoms. The van der Waals surface area contributed by atoms with Crippen molar-refractivity contribution in [1.82, 2.24) is 4.57 Å². The number of hydrogen-bond acceptors (Lipinski definition) is 2. The number of anilines is 3. The molecule has 0 radical (unpaired) electrons. The summed E-state index contributed by atoms with van der Waals surface area (Å²) < 4.78 is 8.67. The number of rotatable bonds is 8. The van der Waals surface area contributed by atoms with Crippen molar-refractivity contribution >= 4 is 60.8 Å². The maximum atomic E-state index is 6.30. The van der Waals surface area contributed by atoms with E-state index < -0.39 is 0 Å². The Morgan fingerprint density at radius 2 is 0.778 bits per heavy atom. The molecule has 0 atom stereocenters. The van der Waals surface area contributed by atoms with Crippen LogP contribution in [0.4, 0.5) is 17.1 Å². The molecule has 296 valence electrons. The Kier molecular flexibility index (Phi) is 8.83. The van der Waals surface area contributed by atoms with Gasteiger partial charge in [0.2, 0.25) is 0 Å². The first-order valence-corrected chi connectivity index (χ1v) is 21.5. The SMILES string of the molecule is c1ccc(-c2ccccc2-c2ccccc2-c2ccccc2N(c2ccc(-c3ccc4c(c3)oc3ccccc34)cc2)c2ccc(-n3c4ccccc4c4ccccc43)cc2)cc1. The summed E-state index contributed by atoms with van der Waals surface area (Å²) in [6.07, 6.45) is 0. The monoisotopic (exact) mass is 804 g/mol. The van der Waals surface area contributed by atoms with Crippen LogP contribution in [0, 0.1) is 0 Å². The average molecular weight is 805 g/mol. The molecule has 3 heteroatoms. The molecular weight excluding hydrogens is 765 g/mol. The van der Waals surface area contributed by atoms with Crippen molar-refractivity contribution in [2.75, 3.05) is 4.90 Å². The summed E-state index contributed by atoms with van der Waals surface area (Å²) in [7, 11) is 0. The molecule has 63 heavy (non-hydrogen) atoms. The van der Waals surface area contributed by atoms with Crippen LogP contribution in [0.3, 0.4) is 0 Å². The normalized spacial score (nSPS) is 11.5. The van der Waals surface area contributed by atoms with E-state index in [1.807, 2.05) is 12.1 Å². The number of furan rings is 1. The summed E-state index contributed by atoms with van der Waals surface area (Å²) in [5, 5.41) is 4.77. The standard InChI is InChI=1S/C60H40N2O/c1-2-16-42(17-3-1)47-18-4-5-19-48(47)49-20-6-7-21-50(49)51-22-8-12-26-56(51)61(44-33-30-41(31-34-44)43-32-39-55-54-25-11-15-29-59(54)63-60(55)40-43)45-35-37-46(38-36-45)62-57-27-13-9-23-52(57)53-24-10-14-28-58(53)62/h1-40H. The predicted octanol–water partition coefficient (Wildman–Crippen LogP) is 16.8. The maximum Gasteiger partial charge on any atom is 0.136 e. The molecule has 0 aliphatic heterocycles. The van der Waals surface area contributed by atoms with Gasteiger partial charge in [-0.25, -0.2) is 0 Å². The highest BCUT2D eigenvalue weighted by Crippen LogP contribution is 2.46. The fraction of sp³-hybridized carbons (Fsp3) is 0. The highest BCUT2D eigenvalue weighted by molar-refractivity contribution is 6.09. The molecule has 12 rings (SSSR count). The second kappa shape index (κ2) is 15.3. The zero-order chi connectivity index (χ0) is 41.7. The van der Waals surface area contributed by atoms with E-state index in [-0.39, 0.29) is 0 Å². The van der Waals surface area contributed by atoms with Gasteiger partial charge in [-0.1, -0.05) is 170 Å². The molecule has 0 bridgehead atoms. The fourth-order valence-electron chi connectivity index (χ4n) is 9.52. The van der Waals surface area contributed by atoms with E-state index in [0.29, 0.717) is 0 Å². The number of hydrogen-bond donors (Lipinski definition) is 0. The first kappa shape index (κ1) is 36.5. The van der Waals surface area contributed by atoms with Crippen LogP contribution in [0.2, 0.25) is 0 Å². The Morgan fingerprint density at radius 1 is 0.302 bits per heavy atom. The van der Waals surface area contributed by atoms with Crippen LogP contribution in [0.5, 0.6) is 0 Å². The Balaban J connectivity index is 1.01. The van der Waals surface area contributed by atoms with Gasteiger partial charge in [-0.15, -0.1) is 0 Å². The van der Waals surface area contributed by atoms with Gasteiger partial charge in [0.05, 0.1) is 16.7 Å². The second-order valence-corrected chi connectivity index (χ2v) is 16.1. The van der Waals surface area contributed by atoms with Crippen molar-refractivity contribution in [1.29, 1.82) is 0 Å². The topological polar surface area (TPSA) is 21.3 Å². The van der Waals surface area contributed by atoms with E-state index in [1.54, 1.807) is 0 Å². The molecule has 0 N–H and O–H groups in total. The lowest BCUT2D eigenvalue weighted by Crippen LogP contribution is -2.11. The molecule has 10 aromatic carbocycles. The van der Waals surface area contributed by atoms with Gasteiger partial charge in [0.25, 0.3) is 0 Å². The van der Waals surface area contributed by atoms with Crippen LogP contribution in [0.15, 0.2) is 247 Å². The van der Waals surface area contributed by atoms with E-state index in [1.165, 1.54) is 49.6 Å². The maximum absolute atomic E-state index is 6.30. The highest BCUT2D eigenvalue weighted by atomic mass is 16.3. The van der Waals surface area contributed by atoms with Crippen molar-refractivity contribution in [3.63, 3.8) is 0 Å². The van der Waals surface area contributed by atoms with Crippen molar-refractivity contribution in [3.05, 3.63) is 243 Å². The quantitative estimate of drug-likeness (QED) is 0.153. The minimum atomic E-state index is 0.893. The summed E-state index contributed by atoms with van der Waals surface area (Å²) in [6.45, 7) is 0. The van der Waals surface area contributed by atoms with Crippen LogP contribution < -0.4 is 4.90 Å². The van der Waals surface area contributed by atoms with Gasteiger partial charge in [-0.3, -0.25) is 0 Å². The summed E-state index contributed by atoms with van der Waals surface area (Å²) in [5.41, 5.74) is 17.8. The van der Waals surface area contributed by atoms with Crippen LogP contribution in [0.25, 0.3) is 93.9 Å². The summed E-state index contributed by atoms with van der Waals surface area (Å²) in [4.78, 5) is 2.40. The van der Waals surface area contributed by atoms with Gasteiger partial charge >= 0.3 is 0 Å². The van der Waals surface area contributed by atoms with Crippen LogP contribution in [-0.2, 0) is 0 Å². The zero-order valence-corrected chi connectivity index (χ0v) is 34.4. The fourth-order valence-corrected chi connectivity index (χ4v) is 9.52. The molecule has 0 aliphatic carbocycles. The molecule has 0 saturated heterocycles. The third-order valence-electron chi connectivity index (χ3n) is 12.4. The van der Waals surface area contributed by atoms with Gasteiger partial charge in [0, 0.05) is 44.2 Å². The summed E-state index contributed by atoms with van der Waals surface area (Å²) in [6, 6.07) is 87.2. The number of fused-ring (bicyclic) bond motifs is 6. The van der Waals surface area contributed by atoms with E-state index in [2.05, 4.69) is 240 Å². The van der Waals surface area contributed by atoms with Gasteiger partial charge in [-0.2, -0.15) is 0 Å². The van der Waals surface area contributed by atoms with Crippen LogP contribution >= 0.6 is 0 Å². The second-order valence-electron chi connectivity index (χ2n) is 16.1. The Morgan fingerprint density at radius 3 is 1.46 bits per heavy atom. The molecule has 0 aliphatic rings. The first-order chi connectivity index (χ1) is 31.3. The van der Waals surface area contributed by atoms with Crippen molar-refractivity contribution in [2.45, 2.75) is 0 Å².